The molecule has 0 aliphatic carbocycles. The summed E-state index contributed by atoms with van der Waals surface area (Å²) in [6.07, 6.45) is -7.05. The highest BCUT2D eigenvalue weighted by molar-refractivity contribution is 6.30. The summed E-state index contributed by atoms with van der Waals surface area (Å²) in [5.41, 5.74) is -1.39. The number of amides is 1. The van der Waals surface area contributed by atoms with Crippen LogP contribution < -0.4 is 0 Å². The van der Waals surface area contributed by atoms with Crippen molar-refractivity contribution in [2.45, 2.75) is 43.6 Å². The van der Waals surface area contributed by atoms with Crippen LogP contribution in [0.4, 0.5) is 30.7 Å². The summed E-state index contributed by atoms with van der Waals surface area (Å²) in [5, 5.41) is 0.304. The molecule has 4 rings (SSSR count). The smallest absolute Gasteiger partial charge is 0.339 e. The molecule has 0 N–H and O–H groups in total. The lowest BCUT2D eigenvalue weighted by Gasteiger charge is -2.21. The van der Waals surface area contributed by atoms with Gasteiger partial charge < -0.3 is 4.90 Å². The molecule has 2 fully saturated rings. The molecule has 0 aromatic heterocycles. The zero-order valence-electron chi connectivity index (χ0n) is 15.9. The standard InChI is InChI=1S/C14H13F4NO.C7H4ClF3/c15-10-5-8(4-9(6-10)14(16,17)18)11-7-13(20)19-3-1-2-12(11)19;8-6-3-1-5(2-4-6)7(9,10)11/h4-6,11-12H,1-3,7H2;1-4H. The lowest BCUT2D eigenvalue weighted by Crippen LogP contribution is -2.28. The van der Waals surface area contributed by atoms with E-state index in [4.69, 9.17) is 11.6 Å². The Labute approximate surface area is 178 Å². The summed E-state index contributed by atoms with van der Waals surface area (Å²) in [6.45, 7) is 0.654. The van der Waals surface area contributed by atoms with Crippen molar-refractivity contribution in [3.05, 3.63) is 70.0 Å². The van der Waals surface area contributed by atoms with Crippen LogP contribution in [0.2, 0.25) is 5.02 Å². The van der Waals surface area contributed by atoms with E-state index in [0.717, 1.165) is 37.1 Å². The minimum Gasteiger partial charge on any atom is -0.339 e. The molecule has 2 aliphatic heterocycles. The highest BCUT2D eigenvalue weighted by atomic mass is 35.5. The van der Waals surface area contributed by atoms with Crippen LogP contribution in [0.25, 0.3) is 0 Å². The molecule has 2 saturated heterocycles. The second-order valence-corrected chi connectivity index (χ2v) is 7.82. The molecular formula is C21H17ClF7NO. The van der Waals surface area contributed by atoms with Crippen LogP contribution in [0.5, 0.6) is 0 Å². The van der Waals surface area contributed by atoms with Crippen LogP contribution in [0.15, 0.2) is 42.5 Å². The predicted molar refractivity (Wildman–Crippen MR) is 99.9 cm³/mol. The summed E-state index contributed by atoms with van der Waals surface area (Å²) in [7, 11) is 0. The third kappa shape index (κ3) is 5.50. The summed E-state index contributed by atoms with van der Waals surface area (Å²) in [5.74, 6) is -1.28. The van der Waals surface area contributed by atoms with E-state index in [9.17, 15) is 35.5 Å². The minimum atomic E-state index is -4.57. The molecule has 2 aliphatic rings. The lowest BCUT2D eigenvalue weighted by molar-refractivity contribution is -0.138. The number of nitrogens with zero attached hydrogens (tertiary/aromatic N) is 1. The molecule has 2 unspecified atom stereocenters. The number of rotatable bonds is 1. The molecule has 168 valence electrons. The van der Waals surface area contributed by atoms with Gasteiger partial charge >= 0.3 is 12.4 Å². The third-order valence-corrected chi connectivity index (χ3v) is 5.58. The maximum atomic E-state index is 13.5. The number of hydrogen-bond acceptors (Lipinski definition) is 1. The monoisotopic (exact) mass is 467 g/mol. The topological polar surface area (TPSA) is 20.3 Å². The molecule has 0 saturated carbocycles. The Morgan fingerprint density at radius 2 is 1.52 bits per heavy atom. The van der Waals surface area contributed by atoms with Gasteiger partial charge in [0.05, 0.1) is 11.1 Å². The van der Waals surface area contributed by atoms with Gasteiger partial charge in [-0.25, -0.2) is 4.39 Å². The fourth-order valence-electron chi connectivity index (χ4n) is 3.93. The molecule has 2 heterocycles. The van der Waals surface area contributed by atoms with Gasteiger partial charge in [-0.15, -0.1) is 0 Å². The van der Waals surface area contributed by atoms with Crippen molar-refractivity contribution in [2.75, 3.05) is 6.54 Å². The van der Waals surface area contributed by atoms with Crippen molar-refractivity contribution in [3.8, 4) is 0 Å². The van der Waals surface area contributed by atoms with E-state index in [-0.39, 0.29) is 29.9 Å². The van der Waals surface area contributed by atoms with Crippen LogP contribution in [-0.2, 0) is 17.1 Å². The molecule has 1 amide bonds. The number of hydrogen-bond donors (Lipinski definition) is 0. The highest BCUT2D eigenvalue weighted by Gasteiger charge is 2.43. The fraction of sp³-hybridized carbons (Fsp3) is 0.381. The molecule has 2 atom stereocenters. The van der Waals surface area contributed by atoms with Crippen molar-refractivity contribution in [2.24, 2.45) is 0 Å². The third-order valence-electron chi connectivity index (χ3n) is 5.33. The first kappa shape index (κ1) is 23.4. The van der Waals surface area contributed by atoms with Crippen LogP contribution in [0.3, 0.4) is 0 Å². The van der Waals surface area contributed by atoms with Crippen molar-refractivity contribution in [1.82, 2.24) is 4.90 Å². The first-order chi connectivity index (χ1) is 14.4. The van der Waals surface area contributed by atoms with Crippen molar-refractivity contribution in [3.63, 3.8) is 0 Å². The molecule has 0 radical (unpaired) electrons. The normalized spacial score (nSPS) is 21.0. The number of halogens is 8. The Morgan fingerprint density at radius 3 is 2.10 bits per heavy atom. The van der Waals surface area contributed by atoms with Crippen LogP contribution in [-0.4, -0.2) is 23.4 Å². The summed E-state index contributed by atoms with van der Waals surface area (Å²) in [6, 6.07) is 6.83. The second kappa shape index (κ2) is 8.68. The summed E-state index contributed by atoms with van der Waals surface area (Å²) < 4.78 is 87.3. The zero-order valence-corrected chi connectivity index (χ0v) is 16.7. The van der Waals surface area contributed by atoms with E-state index in [1.165, 1.54) is 12.1 Å². The molecule has 0 bridgehead atoms. The molecule has 2 aromatic rings. The molecule has 10 heteroatoms. The van der Waals surface area contributed by atoms with Crippen LogP contribution >= 0.6 is 11.6 Å². The Bertz CT molecular complexity index is 940. The Balaban J connectivity index is 0.000000210. The Kier molecular flexibility index (Phi) is 6.55. The maximum Gasteiger partial charge on any atom is 0.416 e. The van der Waals surface area contributed by atoms with Crippen LogP contribution in [0.1, 0.15) is 41.9 Å². The van der Waals surface area contributed by atoms with E-state index in [1.54, 1.807) is 4.90 Å². The van der Waals surface area contributed by atoms with Crippen LogP contribution in [0, 0.1) is 5.82 Å². The van der Waals surface area contributed by atoms with Gasteiger partial charge in [-0.1, -0.05) is 11.6 Å². The molecule has 0 spiro atoms. The van der Waals surface area contributed by atoms with Gasteiger partial charge in [-0.3, -0.25) is 4.79 Å². The SMILES string of the molecule is FC(F)(F)c1ccc(Cl)cc1.O=C1CC(c2cc(F)cc(C(F)(F)F)c2)C2CCCN12. The van der Waals surface area contributed by atoms with Gasteiger partial charge in [0.25, 0.3) is 0 Å². The van der Waals surface area contributed by atoms with E-state index in [0.29, 0.717) is 17.6 Å². The number of benzene rings is 2. The average molecular weight is 468 g/mol. The number of alkyl halides is 6. The van der Waals surface area contributed by atoms with Gasteiger partial charge in [0, 0.05) is 29.9 Å². The van der Waals surface area contributed by atoms with Crippen molar-refractivity contribution >= 4 is 17.5 Å². The number of fused-ring (bicyclic) bond motifs is 1. The van der Waals surface area contributed by atoms with Gasteiger partial charge in [0.2, 0.25) is 5.91 Å². The fourth-order valence-corrected chi connectivity index (χ4v) is 4.06. The highest BCUT2D eigenvalue weighted by Crippen LogP contribution is 2.42. The second-order valence-electron chi connectivity index (χ2n) is 7.38. The summed E-state index contributed by atoms with van der Waals surface area (Å²) >= 11 is 5.39. The first-order valence-corrected chi connectivity index (χ1v) is 9.74. The quantitative estimate of drug-likeness (QED) is 0.428. The van der Waals surface area contributed by atoms with Crippen molar-refractivity contribution < 1.29 is 35.5 Å². The van der Waals surface area contributed by atoms with E-state index in [2.05, 4.69) is 0 Å². The summed E-state index contributed by atoms with van der Waals surface area (Å²) in [4.78, 5) is 13.5. The molecular weight excluding hydrogens is 451 g/mol. The van der Waals surface area contributed by atoms with E-state index >= 15 is 0 Å². The number of carbonyl (C=O) groups excluding carboxylic acids is 1. The molecule has 2 aromatic carbocycles. The first-order valence-electron chi connectivity index (χ1n) is 9.36. The van der Waals surface area contributed by atoms with Gasteiger partial charge in [-0.2, -0.15) is 26.3 Å². The largest absolute Gasteiger partial charge is 0.416 e. The van der Waals surface area contributed by atoms with Crippen molar-refractivity contribution in [1.29, 1.82) is 0 Å². The maximum absolute atomic E-state index is 13.5. The molecule has 31 heavy (non-hydrogen) atoms. The molecule has 2 nitrogen and oxygen atoms in total. The van der Waals surface area contributed by atoms with Gasteiger partial charge in [-0.05, 0) is 60.9 Å². The van der Waals surface area contributed by atoms with E-state index in [1.807, 2.05) is 0 Å². The average Bonchev–Trinajstić information content (AvgIpc) is 3.25. The lowest BCUT2D eigenvalue weighted by atomic mass is 9.89. The Hall–Kier alpha value is -2.29. The minimum absolute atomic E-state index is 0.0460. The van der Waals surface area contributed by atoms with E-state index < -0.39 is 29.3 Å². The van der Waals surface area contributed by atoms with Gasteiger partial charge in [0.1, 0.15) is 5.82 Å². The van der Waals surface area contributed by atoms with Gasteiger partial charge in [0.15, 0.2) is 0 Å². The zero-order chi connectivity index (χ0) is 23.0. The Morgan fingerprint density at radius 1 is 0.903 bits per heavy atom. The number of carbonyl (C=O) groups is 1. The predicted octanol–water partition coefficient (Wildman–Crippen LogP) is 6.68.